The Morgan fingerprint density at radius 3 is 2.47 bits per heavy atom. The fourth-order valence-corrected chi connectivity index (χ4v) is 2.83. The van der Waals surface area contributed by atoms with Gasteiger partial charge >= 0.3 is 5.97 Å². The zero-order valence-electron chi connectivity index (χ0n) is 10.8. The molecular formula is C12H15ClO5S. The summed E-state index contributed by atoms with van der Waals surface area (Å²) in [5.74, 6) is -1.49. The second kappa shape index (κ2) is 5.38. The number of ether oxygens (including phenoxy) is 1. The number of carbonyl (C=O) groups is 1. The van der Waals surface area contributed by atoms with E-state index in [-0.39, 0.29) is 0 Å². The molecule has 0 atom stereocenters. The van der Waals surface area contributed by atoms with Crippen molar-refractivity contribution in [2.75, 3.05) is 7.11 Å². The van der Waals surface area contributed by atoms with Crippen molar-refractivity contribution < 1.29 is 23.1 Å². The Morgan fingerprint density at radius 2 is 2.00 bits per heavy atom. The number of methoxy groups -OCH3 is 1. The molecule has 19 heavy (non-hydrogen) atoms. The van der Waals surface area contributed by atoms with Crippen LogP contribution in [0.5, 0.6) is 5.75 Å². The summed E-state index contributed by atoms with van der Waals surface area (Å²) in [5.41, 5.74) is 0.337. The summed E-state index contributed by atoms with van der Waals surface area (Å²) in [6, 6.07) is 4.57. The fourth-order valence-electron chi connectivity index (χ4n) is 1.38. The first-order valence-corrected chi connectivity index (χ1v) is 7.43. The van der Waals surface area contributed by atoms with Crippen molar-refractivity contribution >= 4 is 27.4 Å². The van der Waals surface area contributed by atoms with Gasteiger partial charge in [-0.1, -0.05) is 11.6 Å². The minimum Gasteiger partial charge on any atom is -0.496 e. The van der Waals surface area contributed by atoms with E-state index in [0.29, 0.717) is 16.3 Å². The Labute approximate surface area is 117 Å². The Kier molecular flexibility index (Phi) is 4.47. The molecule has 0 aliphatic heterocycles. The second-order valence-electron chi connectivity index (χ2n) is 4.53. The summed E-state index contributed by atoms with van der Waals surface area (Å²) in [4.78, 5) is 11.0. The Morgan fingerprint density at radius 1 is 1.42 bits per heavy atom. The minimum absolute atomic E-state index is 0.337. The van der Waals surface area contributed by atoms with Crippen LogP contribution in [0.15, 0.2) is 18.2 Å². The van der Waals surface area contributed by atoms with E-state index in [1.807, 2.05) is 0 Å². The molecule has 0 radical (unpaired) electrons. The molecule has 0 unspecified atom stereocenters. The van der Waals surface area contributed by atoms with Gasteiger partial charge in [-0.25, -0.2) is 8.42 Å². The van der Waals surface area contributed by atoms with Gasteiger partial charge in [0, 0.05) is 10.6 Å². The molecule has 0 aromatic heterocycles. The van der Waals surface area contributed by atoms with Crippen LogP contribution in [0.25, 0.3) is 0 Å². The highest BCUT2D eigenvalue weighted by Gasteiger charge is 2.42. The molecule has 0 heterocycles. The van der Waals surface area contributed by atoms with Crippen LogP contribution < -0.4 is 4.74 Å². The number of aliphatic carboxylic acids is 1. The number of hydrogen-bond donors (Lipinski definition) is 1. The van der Waals surface area contributed by atoms with Crippen LogP contribution >= 0.6 is 11.6 Å². The SMILES string of the molecule is COc1ccc(Cl)cc1CS(=O)(=O)C(C)(C)C(=O)O. The summed E-state index contributed by atoms with van der Waals surface area (Å²) in [7, 11) is -2.50. The van der Waals surface area contributed by atoms with E-state index in [9.17, 15) is 13.2 Å². The molecule has 0 saturated carbocycles. The Balaban J connectivity index is 3.22. The molecule has 0 amide bonds. The topological polar surface area (TPSA) is 80.7 Å². The summed E-state index contributed by atoms with van der Waals surface area (Å²) in [6.45, 7) is 2.31. The van der Waals surface area contributed by atoms with Crippen LogP contribution in [-0.4, -0.2) is 31.4 Å². The molecule has 0 aliphatic carbocycles. The quantitative estimate of drug-likeness (QED) is 0.901. The average Bonchev–Trinajstić information content (AvgIpc) is 2.28. The summed E-state index contributed by atoms with van der Waals surface area (Å²) < 4.78 is 27.5. The molecule has 1 aromatic carbocycles. The van der Waals surface area contributed by atoms with Crippen molar-refractivity contribution in [2.24, 2.45) is 0 Å². The van der Waals surface area contributed by atoms with Gasteiger partial charge in [0.05, 0.1) is 12.9 Å². The lowest BCUT2D eigenvalue weighted by Crippen LogP contribution is -2.41. The van der Waals surface area contributed by atoms with Gasteiger partial charge in [0.25, 0.3) is 0 Å². The molecule has 7 heteroatoms. The van der Waals surface area contributed by atoms with Gasteiger partial charge in [-0.3, -0.25) is 4.79 Å². The van der Waals surface area contributed by atoms with Crippen molar-refractivity contribution in [2.45, 2.75) is 24.3 Å². The van der Waals surface area contributed by atoms with Crippen molar-refractivity contribution in [3.63, 3.8) is 0 Å². The summed E-state index contributed by atoms with van der Waals surface area (Å²) in [5, 5.41) is 9.36. The highest BCUT2D eigenvalue weighted by atomic mass is 35.5. The maximum atomic E-state index is 12.2. The second-order valence-corrected chi connectivity index (χ2v) is 7.51. The molecule has 106 valence electrons. The molecule has 0 saturated heterocycles. The van der Waals surface area contributed by atoms with Crippen LogP contribution in [0.1, 0.15) is 19.4 Å². The van der Waals surface area contributed by atoms with Gasteiger partial charge in [0.1, 0.15) is 5.75 Å². The van der Waals surface area contributed by atoms with E-state index in [1.165, 1.54) is 13.2 Å². The van der Waals surface area contributed by atoms with Crippen LogP contribution in [0.3, 0.4) is 0 Å². The van der Waals surface area contributed by atoms with Gasteiger partial charge < -0.3 is 9.84 Å². The number of carboxylic acids is 1. The van der Waals surface area contributed by atoms with Crippen LogP contribution in [0, 0.1) is 0 Å². The predicted octanol–water partition coefficient (Wildman–Crippen LogP) is 2.13. The van der Waals surface area contributed by atoms with Gasteiger partial charge in [-0.15, -0.1) is 0 Å². The number of carboxylic acid groups (broad SMARTS) is 1. The van der Waals surface area contributed by atoms with E-state index in [2.05, 4.69) is 0 Å². The standard InChI is InChI=1S/C12H15ClO5S/c1-12(2,11(14)15)19(16,17)7-8-6-9(13)4-5-10(8)18-3/h4-6H,7H2,1-3H3,(H,14,15). The highest BCUT2D eigenvalue weighted by Crippen LogP contribution is 2.28. The maximum absolute atomic E-state index is 12.2. The molecular weight excluding hydrogens is 292 g/mol. The third kappa shape index (κ3) is 3.19. The van der Waals surface area contributed by atoms with E-state index >= 15 is 0 Å². The van der Waals surface area contributed by atoms with Crippen LogP contribution in [-0.2, 0) is 20.4 Å². The van der Waals surface area contributed by atoms with E-state index < -0.39 is 26.3 Å². The Bertz CT molecular complexity index is 592. The lowest BCUT2D eigenvalue weighted by atomic mass is 10.2. The minimum atomic E-state index is -3.90. The normalized spacial score (nSPS) is 12.2. The molecule has 1 N–H and O–H groups in total. The van der Waals surface area contributed by atoms with Gasteiger partial charge in [-0.05, 0) is 32.0 Å². The zero-order chi connectivity index (χ0) is 14.8. The number of rotatable bonds is 5. The number of hydrogen-bond acceptors (Lipinski definition) is 4. The molecule has 0 fully saturated rings. The third-order valence-electron chi connectivity index (χ3n) is 2.88. The molecule has 1 aromatic rings. The number of benzene rings is 1. The maximum Gasteiger partial charge on any atom is 0.324 e. The van der Waals surface area contributed by atoms with Crippen LogP contribution in [0.4, 0.5) is 0 Å². The molecule has 0 spiro atoms. The lowest BCUT2D eigenvalue weighted by Gasteiger charge is -2.20. The van der Waals surface area contributed by atoms with E-state index in [4.69, 9.17) is 21.4 Å². The van der Waals surface area contributed by atoms with E-state index in [0.717, 1.165) is 13.8 Å². The van der Waals surface area contributed by atoms with Crippen molar-refractivity contribution in [3.05, 3.63) is 28.8 Å². The van der Waals surface area contributed by atoms with E-state index in [1.54, 1.807) is 12.1 Å². The summed E-state index contributed by atoms with van der Waals surface area (Å²) >= 11 is 5.81. The third-order valence-corrected chi connectivity index (χ3v) is 5.54. The first-order valence-electron chi connectivity index (χ1n) is 5.40. The largest absolute Gasteiger partial charge is 0.496 e. The van der Waals surface area contributed by atoms with Gasteiger partial charge in [0.15, 0.2) is 14.6 Å². The van der Waals surface area contributed by atoms with Crippen molar-refractivity contribution in [1.29, 1.82) is 0 Å². The van der Waals surface area contributed by atoms with Gasteiger partial charge in [-0.2, -0.15) is 0 Å². The van der Waals surface area contributed by atoms with Crippen LogP contribution in [0.2, 0.25) is 5.02 Å². The number of sulfone groups is 1. The lowest BCUT2D eigenvalue weighted by molar-refractivity contribution is -0.139. The fraction of sp³-hybridized carbons (Fsp3) is 0.417. The molecule has 5 nitrogen and oxygen atoms in total. The predicted molar refractivity (Wildman–Crippen MR) is 72.3 cm³/mol. The monoisotopic (exact) mass is 306 g/mol. The van der Waals surface area contributed by atoms with Crippen molar-refractivity contribution in [3.8, 4) is 5.75 Å². The zero-order valence-corrected chi connectivity index (χ0v) is 12.4. The Hall–Kier alpha value is -1.27. The molecule has 1 rings (SSSR count). The molecule has 0 aliphatic rings. The molecule has 0 bridgehead atoms. The summed E-state index contributed by atoms with van der Waals surface area (Å²) in [6.07, 6.45) is 0. The first kappa shape index (κ1) is 15.8. The van der Waals surface area contributed by atoms with Crippen molar-refractivity contribution in [1.82, 2.24) is 0 Å². The first-order chi connectivity index (χ1) is 8.61. The average molecular weight is 307 g/mol. The smallest absolute Gasteiger partial charge is 0.324 e. The van der Waals surface area contributed by atoms with Gasteiger partial charge in [0.2, 0.25) is 0 Å². The number of halogens is 1. The highest BCUT2D eigenvalue weighted by molar-refractivity contribution is 7.92.